The Balaban J connectivity index is 2.48. The minimum absolute atomic E-state index is 0.0355. The fraction of sp³-hybridized carbons (Fsp3) is 0.143. The molecular weight excluding hydrogens is 382 g/mol. The molecule has 0 unspecified atom stereocenters. The van der Waals surface area contributed by atoms with Gasteiger partial charge >= 0.3 is 0 Å². The van der Waals surface area contributed by atoms with Crippen LogP contribution in [0.2, 0.25) is 10.0 Å². The van der Waals surface area contributed by atoms with Gasteiger partial charge in [-0.1, -0.05) is 23.2 Å². The van der Waals surface area contributed by atoms with Crippen LogP contribution in [0.15, 0.2) is 29.2 Å². The highest BCUT2D eigenvalue weighted by Gasteiger charge is 2.23. The van der Waals surface area contributed by atoms with Crippen LogP contribution in [-0.2, 0) is 10.0 Å². The lowest BCUT2D eigenvalue weighted by atomic mass is 10.3. The van der Waals surface area contributed by atoms with Crippen molar-refractivity contribution in [1.29, 1.82) is 0 Å². The summed E-state index contributed by atoms with van der Waals surface area (Å²) in [5.41, 5.74) is 5.73. The van der Waals surface area contributed by atoms with Crippen molar-refractivity contribution < 1.29 is 22.3 Å². The lowest BCUT2D eigenvalue weighted by molar-refractivity contribution is 0.350. The van der Waals surface area contributed by atoms with E-state index in [-0.39, 0.29) is 32.9 Å². The van der Waals surface area contributed by atoms with Crippen LogP contribution in [0.3, 0.4) is 0 Å². The summed E-state index contributed by atoms with van der Waals surface area (Å²) in [4.78, 5) is -0.621. The number of nitrogen functional groups attached to an aromatic ring is 1. The van der Waals surface area contributed by atoms with Crippen molar-refractivity contribution in [2.24, 2.45) is 0 Å². The van der Waals surface area contributed by atoms with Gasteiger partial charge in [-0.15, -0.1) is 0 Å². The van der Waals surface area contributed by atoms with Crippen LogP contribution >= 0.6 is 23.2 Å². The van der Waals surface area contributed by atoms with Crippen molar-refractivity contribution in [2.75, 3.05) is 24.7 Å². The summed E-state index contributed by atoms with van der Waals surface area (Å²) in [6.07, 6.45) is 0. The van der Waals surface area contributed by atoms with Crippen molar-refractivity contribution in [2.45, 2.75) is 4.90 Å². The van der Waals surface area contributed by atoms with Gasteiger partial charge in [0.15, 0.2) is 11.5 Å². The molecule has 0 heterocycles. The van der Waals surface area contributed by atoms with Gasteiger partial charge in [-0.05, 0) is 12.1 Å². The zero-order valence-electron chi connectivity index (χ0n) is 12.6. The number of halogens is 3. The second-order valence-electron chi connectivity index (χ2n) is 4.60. The molecule has 0 aliphatic carbocycles. The second kappa shape index (κ2) is 6.92. The first kappa shape index (κ1) is 18.4. The summed E-state index contributed by atoms with van der Waals surface area (Å²) >= 11 is 11.7. The number of methoxy groups -OCH3 is 2. The molecule has 130 valence electrons. The molecule has 0 aliphatic rings. The summed E-state index contributed by atoms with van der Waals surface area (Å²) in [6.45, 7) is 0. The smallest absolute Gasteiger partial charge is 0.264 e. The minimum Gasteiger partial charge on any atom is -0.493 e. The molecular formula is C14H13Cl2FN2O4S. The van der Waals surface area contributed by atoms with Gasteiger partial charge in [0.2, 0.25) is 0 Å². The van der Waals surface area contributed by atoms with Gasteiger partial charge in [0.05, 0.1) is 35.6 Å². The zero-order valence-corrected chi connectivity index (χ0v) is 14.9. The van der Waals surface area contributed by atoms with Crippen molar-refractivity contribution in [3.63, 3.8) is 0 Å². The SMILES string of the molecule is COc1cc(F)c(S(=O)(=O)Nc2cc(Cl)c(N)c(Cl)c2)cc1OC. The van der Waals surface area contributed by atoms with Crippen LogP contribution < -0.4 is 19.9 Å². The summed E-state index contributed by atoms with van der Waals surface area (Å²) in [5, 5.41) is 0.126. The predicted molar refractivity (Wildman–Crippen MR) is 91.2 cm³/mol. The average molecular weight is 395 g/mol. The van der Waals surface area contributed by atoms with Crippen molar-refractivity contribution in [1.82, 2.24) is 0 Å². The number of nitrogens with one attached hydrogen (secondary N) is 1. The second-order valence-corrected chi connectivity index (χ2v) is 7.06. The Hall–Kier alpha value is -1.90. The molecule has 0 aliphatic heterocycles. The molecule has 0 saturated carbocycles. The average Bonchev–Trinajstić information content (AvgIpc) is 2.51. The molecule has 2 rings (SSSR count). The third-order valence-corrected chi connectivity index (χ3v) is 5.08. The van der Waals surface area contributed by atoms with E-state index in [4.69, 9.17) is 38.4 Å². The Bertz CT molecular complexity index is 868. The van der Waals surface area contributed by atoms with Gasteiger partial charge in [0.25, 0.3) is 10.0 Å². The lowest BCUT2D eigenvalue weighted by Crippen LogP contribution is -2.15. The van der Waals surface area contributed by atoms with E-state index in [9.17, 15) is 12.8 Å². The largest absolute Gasteiger partial charge is 0.493 e. The molecule has 2 aromatic carbocycles. The number of rotatable bonds is 5. The first-order valence-electron chi connectivity index (χ1n) is 6.38. The molecule has 2 aromatic rings. The van der Waals surface area contributed by atoms with E-state index in [1.54, 1.807) is 0 Å². The van der Waals surface area contributed by atoms with Crippen LogP contribution in [0.4, 0.5) is 15.8 Å². The first-order valence-corrected chi connectivity index (χ1v) is 8.62. The van der Waals surface area contributed by atoms with Crippen molar-refractivity contribution in [3.8, 4) is 11.5 Å². The number of ether oxygens (including phenoxy) is 2. The maximum Gasteiger partial charge on any atom is 0.264 e. The highest BCUT2D eigenvalue weighted by Crippen LogP contribution is 2.35. The molecule has 0 aromatic heterocycles. The predicted octanol–water partition coefficient (Wildman–Crippen LogP) is 3.53. The van der Waals surface area contributed by atoms with Gasteiger partial charge in [0.1, 0.15) is 10.7 Å². The highest BCUT2D eigenvalue weighted by atomic mass is 35.5. The molecule has 0 fully saturated rings. The van der Waals surface area contributed by atoms with Gasteiger partial charge in [-0.25, -0.2) is 12.8 Å². The molecule has 3 N–H and O–H groups in total. The van der Waals surface area contributed by atoms with Crippen LogP contribution in [0, 0.1) is 5.82 Å². The van der Waals surface area contributed by atoms with E-state index in [1.807, 2.05) is 0 Å². The fourth-order valence-corrected chi connectivity index (χ4v) is 3.50. The fourth-order valence-electron chi connectivity index (χ4n) is 1.89. The first-order chi connectivity index (χ1) is 11.2. The highest BCUT2D eigenvalue weighted by molar-refractivity contribution is 7.92. The number of anilines is 2. The van der Waals surface area contributed by atoms with Crippen LogP contribution in [0.25, 0.3) is 0 Å². The van der Waals surface area contributed by atoms with Crippen LogP contribution in [0.1, 0.15) is 0 Å². The summed E-state index contributed by atoms with van der Waals surface area (Å²) in [7, 11) is -1.65. The third kappa shape index (κ3) is 3.61. The van der Waals surface area contributed by atoms with E-state index in [0.29, 0.717) is 0 Å². The third-order valence-electron chi connectivity index (χ3n) is 3.06. The number of sulfonamides is 1. The molecule has 0 bridgehead atoms. The molecule has 0 atom stereocenters. The molecule has 0 spiro atoms. The van der Waals surface area contributed by atoms with Crippen molar-refractivity contribution in [3.05, 3.63) is 40.1 Å². The number of nitrogens with two attached hydrogens (primary N) is 1. The van der Waals surface area contributed by atoms with Crippen molar-refractivity contribution >= 4 is 44.6 Å². The Morgan fingerprint density at radius 3 is 2.04 bits per heavy atom. The van der Waals surface area contributed by atoms with E-state index >= 15 is 0 Å². The summed E-state index contributed by atoms with van der Waals surface area (Å²) in [5.74, 6) is -0.882. The molecule has 0 saturated heterocycles. The maximum absolute atomic E-state index is 14.1. The number of hydrogen-bond acceptors (Lipinski definition) is 5. The quantitative estimate of drug-likeness (QED) is 0.756. The Morgan fingerprint density at radius 2 is 1.54 bits per heavy atom. The molecule has 0 radical (unpaired) electrons. The molecule has 6 nitrogen and oxygen atoms in total. The topological polar surface area (TPSA) is 90.7 Å². The van der Waals surface area contributed by atoms with E-state index in [1.165, 1.54) is 26.4 Å². The number of hydrogen-bond donors (Lipinski definition) is 2. The minimum atomic E-state index is -4.27. The molecule has 24 heavy (non-hydrogen) atoms. The Morgan fingerprint density at radius 1 is 1.04 bits per heavy atom. The van der Waals surface area contributed by atoms with Crippen LogP contribution in [-0.4, -0.2) is 22.6 Å². The molecule has 10 heteroatoms. The Labute approximate surface area is 148 Å². The standard InChI is InChI=1S/C14H13Cl2FN2O4S/c1-22-11-5-10(17)13(6-12(11)23-2)24(20,21)19-7-3-8(15)14(18)9(16)4-7/h3-6,19H,18H2,1-2H3. The van der Waals surface area contributed by atoms with E-state index < -0.39 is 20.7 Å². The summed E-state index contributed by atoms with van der Waals surface area (Å²) < 4.78 is 51.1. The zero-order chi connectivity index (χ0) is 18.1. The Kier molecular flexibility index (Phi) is 5.32. The lowest BCUT2D eigenvalue weighted by Gasteiger charge is -2.13. The van der Waals surface area contributed by atoms with Gasteiger partial charge in [-0.3, -0.25) is 4.72 Å². The molecule has 0 amide bonds. The van der Waals surface area contributed by atoms with Gasteiger partial charge < -0.3 is 15.2 Å². The van der Waals surface area contributed by atoms with E-state index in [0.717, 1.165) is 12.1 Å². The van der Waals surface area contributed by atoms with Gasteiger partial charge in [0, 0.05) is 12.1 Å². The van der Waals surface area contributed by atoms with E-state index in [2.05, 4.69) is 4.72 Å². The number of benzene rings is 2. The maximum atomic E-state index is 14.1. The monoisotopic (exact) mass is 394 g/mol. The van der Waals surface area contributed by atoms with Crippen LogP contribution in [0.5, 0.6) is 11.5 Å². The normalized spacial score (nSPS) is 11.2. The summed E-state index contributed by atoms with van der Waals surface area (Å²) in [6, 6.07) is 4.45. The van der Waals surface area contributed by atoms with Gasteiger partial charge in [-0.2, -0.15) is 0 Å².